The Morgan fingerprint density at radius 2 is 2.14 bits per heavy atom. The molecule has 0 heterocycles. The molecule has 3 nitrogen and oxygen atoms in total. The third kappa shape index (κ3) is 0.991. The van der Waals surface area contributed by atoms with Crippen LogP contribution in [0.3, 0.4) is 0 Å². The van der Waals surface area contributed by atoms with Crippen molar-refractivity contribution in [3.8, 4) is 0 Å². The van der Waals surface area contributed by atoms with E-state index in [1.807, 2.05) is 0 Å². The molecule has 80 valence electrons. The molecule has 0 saturated heterocycles. The van der Waals surface area contributed by atoms with Gasteiger partial charge < -0.3 is 10.4 Å². The number of amides is 1. The summed E-state index contributed by atoms with van der Waals surface area (Å²) >= 11 is 0. The first kappa shape index (κ1) is 9.97. The number of carbonyl (C=O) groups is 1. The molecule has 0 aromatic rings. The molecule has 0 spiro atoms. The second-order valence-electron chi connectivity index (χ2n) is 5.36. The monoisotopic (exact) mass is 197 g/mol. The summed E-state index contributed by atoms with van der Waals surface area (Å²) < 4.78 is 0. The predicted molar refractivity (Wildman–Crippen MR) is 53.7 cm³/mol. The Hall–Kier alpha value is -0.570. The summed E-state index contributed by atoms with van der Waals surface area (Å²) in [5.74, 6) is 0.532. The van der Waals surface area contributed by atoms with Crippen LogP contribution in [0.1, 0.15) is 40.0 Å². The molecule has 0 aromatic carbocycles. The van der Waals surface area contributed by atoms with Crippen LogP contribution in [-0.2, 0) is 4.79 Å². The van der Waals surface area contributed by atoms with Crippen LogP contribution in [0.4, 0.5) is 0 Å². The Balaban J connectivity index is 2.34. The van der Waals surface area contributed by atoms with Crippen molar-refractivity contribution in [1.29, 1.82) is 0 Å². The second kappa shape index (κ2) is 2.72. The number of rotatable bonds is 1. The molecular formula is C11H19NO2. The van der Waals surface area contributed by atoms with Crippen LogP contribution in [-0.4, -0.2) is 22.7 Å². The van der Waals surface area contributed by atoms with E-state index in [-0.39, 0.29) is 23.0 Å². The minimum atomic E-state index is -0.361. The average molecular weight is 197 g/mol. The topological polar surface area (TPSA) is 49.3 Å². The molecule has 3 heteroatoms. The summed E-state index contributed by atoms with van der Waals surface area (Å²) in [5, 5.41) is 13.0. The van der Waals surface area contributed by atoms with Gasteiger partial charge in [-0.2, -0.15) is 0 Å². The van der Waals surface area contributed by atoms with E-state index in [2.05, 4.69) is 19.2 Å². The van der Waals surface area contributed by atoms with E-state index in [0.29, 0.717) is 5.92 Å². The molecule has 2 N–H and O–H groups in total. The number of fused-ring (bicyclic) bond motifs is 2. The van der Waals surface area contributed by atoms with Crippen LogP contribution in [0.25, 0.3) is 0 Å². The summed E-state index contributed by atoms with van der Waals surface area (Å²) in [6.07, 6.45) is 2.53. The second-order valence-corrected chi connectivity index (χ2v) is 5.36. The van der Waals surface area contributed by atoms with Gasteiger partial charge in [-0.05, 0) is 30.6 Å². The van der Waals surface area contributed by atoms with Gasteiger partial charge in [-0.25, -0.2) is 0 Å². The SMILES string of the molecule is CC(=O)NC12CCC(CC1O)C2(C)C. The van der Waals surface area contributed by atoms with E-state index < -0.39 is 0 Å². The number of nitrogens with one attached hydrogen (secondary N) is 1. The molecule has 0 radical (unpaired) electrons. The first-order valence-corrected chi connectivity index (χ1v) is 5.37. The fourth-order valence-corrected chi connectivity index (χ4v) is 3.55. The van der Waals surface area contributed by atoms with Crippen molar-refractivity contribution in [3.63, 3.8) is 0 Å². The van der Waals surface area contributed by atoms with Crippen molar-refractivity contribution in [1.82, 2.24) is 5.32 Å². The molecule has 2 rings (SSSR count). The number of aliphatic hydroxyl groups is 1. The van der Waals surface area contributed by atoms with Crippen molar-refractivity contribution < 1.29 is 9.90 Å². The average Bonchev–Trinajstić information content (AvgIpc) is 2.36. The highest BCUT2D eigenvalue weighted by atomic mass is 16.3. The number of hydrogen-bond donors (Lipinski definition) is 2. The van der Waals surface area contributed by atoms with E-state index in [1.165, 1.54) is 6.92 Å². The Morgan fingerprint density at radius 1 is 1.50 bits per heavy atom. The van der Waals surface area contributed by atoms with E-state index in [9.17, 15) is 9.90 Å². The maximum atomic E-state index is 11.2. The van der Waals surface area contributed by atoms with Gasteiger partial charge in [-0.1, -0.05) is 13.8 Å². The van der Waals surface area contributed by atoms with Gasteiger partial charge in [0.15, 0.2) is 0 Å². The molecule has 3 unspecified atom stereocenters. The largest absolute Gasteiger partial charge is 0.391 e. The van der Waals surface area contributed by atoms with E-state index in [1.54, 1.807) is 0 Å². The third-order valence-corrected chi connectivity index (χ3v) is 4.53. The summed E-state index contributed by atoms with van der Waals surface area (Å²) in [5.41, 5.74) is -0.318. The Morgan fingerprint density at radius 3 is 2.50 bits per heavy atom. The Labute approximate surface area is 84.9 Å². The van der Waals surface area contributed by atoms with Crippen molar-refractivity contribution in [2.24, 2.45) is 11.3 Å². The van der Waals surface area contributed by atoms with Crippen molar-refractivity contribution in [2.75, 3.05) is 0 Å². The highest BCUT2D eigenvalue weighted by molar-refractivity contribution is 5.74. The van der Waals surface area contributed by atoms with Crippen molar-refractivity contribution in [3.05, 3.63) is 0 Å². The summed E-state index contributed by atoms with van der Waals surface area (Å²) in [7, 11) is 0. The van der Waals surface area contributed by atoms with E-state index in [4.69, 9.17) is 0 Å². The third-order valence-electron chi connectivity index (χ3n) is 4.53. The van der Waals surface area contributed by atoms with Gasteiger partial charge in [0.05, 0.1) is 11.6 Å². The highest BCUT2D eigenvalue weighted by Crippen LogP contribution is 2.60. The first-order chi connectivity index (χ1) is 6.40. The number of hydrogen-bond acceptors (Lipinski definition) is 2. The molecule has 2 bridgehead atoms. The van der Waals surface area contributed by atoms with Gasteiger partial charge >= 0.3 is 0 Å². The van der Waals surface area contributed by atoms with Gasteiger partial charge in [0.25, 0.3) is 0 Å². The van der Waals surface area contributed by atoms with Gasteiger partial charge in [0.2, 0.25) is 5.91 Å². The standard InChI is InChI=1S/C11H19NO2/c1-7(13)12-11-5-4-8(6-9(11)14)10(11,2)3/h8-9,14H,4-6H2,1-3H3,(H,12,13). The molecule has 2 fully saturated rings. The normalized spacial score (nSPS) is 44.0. The van der Waals surface area contributed by atoms with Gasteiger partial charge in [-0.3, -0.25) is 4.79 Å². The zero-order valence-corrected chi connectivity index (χ0v) is 9.13. The number of aliphatic hydroxyl groups excluding tert-OH is 1. The molecule has 2 aliphatic carbocycles. The molecule has 14 heavy (non-hydrogen) atoms. The highest BCUT2D eigenvalue weighted by Gasteiger charge is 2.64. The van der Waals surface area contributed by atoms with Gasteiger partial charge in [0.1, 0.15) is 0 Å². The maximum Gasteiger partial charge on any atom is 0.217 e. The van der Waals surface area contributed by atoms with Crippen molar-refractivity contribution >= 4 is 5.91 Å². The number of carbonyl (C=O) groups excluding carboxylic acids is 1. The minimum Gasteiger partial charge on any atom is -0.391 e. The lowest BCUT2D eigenvalue weighted by molar-refractivity contribution is -0.123. The fourth-order valence-electron chi connectivity index (χ4n) is 3.55. The minimum absolute atomic E-state index is 0.0281. The summed E-state index contributed by atoms with van der Waals surface area (Å²) in [6, 6.07) is 0. The quantitative estimate of drug-likeness (QED) is 0.660. The van der Waals surface area contributed by atoms with Crippen LogP contribution in [0.15, 0.2) is 0 Å². The van der Waals surface area contributed by atoms with E-state index >= 15 is 0 Å². The molecule has 0 aliphatic heterocycles. The van der Waals surface area contributed by atoms with Crippen LogP contribution in [0.5, 0.6) is 0 Å². The van der Waals surface area contributed by atoms with Crippen molar-refractivity contribution in [2.45, 2.75) is 51.7 Å². The zero-order valence-electron chi connectivity index (χ0n) is 9.13. The first-order valence-electron chi connectivity index (χ1n) is 5.37. The zero-order chi connectivity index (χ0) is 10.6. The smallest absolute Gasteiger partial charge is 0.217 e. The lowest BCUT2D eigenvalue weighted by Crippen LogP contribution is -2.59. The Bertz CT molecular complexity index is 274. The van der Waals surface area contributed by atoms with Crippen LogP contribution < -0.4 is 5.32 Å². The van der Waals surface area contributed by atoms with Crippen LogP contribution >= 0.6 is 0 Å². The summed E-state index contributed by atoms with van der Waals surface area (Å²) in [6.45, 7) is 5.86. The van der Waals surface area contributed by atoms with Gasteiger partial charge in [0, 0.05) is 6.92 Å². The maximum absolute atomic E-state index is 11.2. The molecular weight excluding hydrogens is 178 g/mol. The van der Waals surface area contributed by atoms with E-state index in [0.717, 1.165) is 19.3 Å². The Kier molecular flexibility index (Phi) is 1.94. The molecule has 3 atom stereocenters. The lowest BCUT2D eigenvalue weighted by atomic mass is 9.75. The fraction of sp³-hybridized carbons (Fsp3) is 0.909. The molecule has 2 aliphatic rings. The van der Waals surface area contributed by atoms with Gasteiger partial charge in [-0.15, -0.1) is 0 Å². The summed E-state index contributed by atoms with van der Waals surface area (Å²) in [4.78, 5) is 11.2. The predicted octanol–water partition coefficient (Wildman–Crippen LogP) is 1.06. The van der Waals surface area contributed by atoms with Crippen LogP contribution in [0.2, 0.25) is 0 Å². The lowest BCUT2D eigenvalue weighted by Gasteiger charge is -2.40. The van der Waals surface area contributed by atoms with Crippen LogP contribution in [0, 0.1) is 11.3 Å². The molecule has 1 amide bonds. The molecule has 0 aromatic heterocycles. The molecule has 2 saturated carbocycles.